The molecule has 1 aliphatic carbocycles. The van der Waals surface area contributed by atoms with Crippen LogP contribution in [-0.2, 0) is 27.6 Å². The van der Waals surface area contributed by atoms with E-state index in [0.717, 1.165) is 42.4 Å². The van der Waals surface area contributed by atoms with Crippen LogP contribution in [0.5, 0.6) is 5.75 Å². The van der Waals surface area contributed by atoms with Crippen LogP contribution in [0.3, 0.4) is 0 Å². The van der Waals surface area contributed by atoms with Crippen molar-refractivity contribution in [3.63, 3.8) is 0 Å². The maximum absolute atomic E-state index is 11.2. The summed E-state index contributed by atoms with van der Waals surface area (Å²) in [5.41, 5.74) is 3.53. The first kappa shape index (κ1) is 14.2. The Morgan fingerprint density at radius 1 is 1.28 bits per heavy atom. The van der Waals surface area contributed by atoms with Crippen LogP contribution in [0.2, 0.25) is 0 Å². The molecule has 100 valence electrons. The lowest BCUT2D eigenvalue weighted by atomic mass is 9.86. The van der Waals surface area contributed by atoms with E-state index in [4.69, 9.17) is 10.7 Å². The number of benzene rings is 1. The van der Waals surface area contributed by atoms with E-state index in [9.17, 15) is 13.5 Å². The third-order valence-electron chi connectivity index (χ3n) is 3.45. The van der Waals surface area contributed by atoms with Crippen molar-refractivity contribution in [1.29, 1.82) is 0 Å². The summed E-state index contributed by atoms with van der Waals surface area (Å²) in [5, 5.41) is 10.1. The zero-order valence-corrected chi connectivity index (χ0v) is 13.1. The minimum absolute atomic E-state index is 0.0115. The van der Waals surface area contributed by atoms with Gasteiger partial charge in [0.05, 0.1) is 10.2 Å². The number of hydrogen-bond donors (Lipinski definition) is 1. The minimum atomic E-state index is -3.67. The Hall–Kier alpha value is -0.260. The van der Waals surface area contributed by atoms with Gasteiger partial charge in [-0.3, -0.25) is 0 Å². The zero-order chi connectivity index (χ0) is 13.5. The Labute approximate surface area is 120 Å². The van der Waals surface area contributed by atoms with Gasteiger partial charge in [0.25, 0.3) is 0 Å². The molecule has 18 heavy (non-hydrogen) atoms. The average molecular weight is 354 g/mol. The number of rotatable bonds is 2. The molecule has 1 aromatic rings. The van der Waals surface area contributed by atoms with Crippen LogP contribution in [0.1, 0.15) is 35.1 Å². The normalized spacial score (nSPS) is 15.5. The topological polar surface area (TPSA) is 54.4 Å². The highest BCUT2D eigenvalue weighted by atomic mass is 79.9. The van der Waals surface area contributed by atoms with Crippen molar-refractivity contribution in [3.05, 3.63) is 26.7 Å². The molecule has 6 heteroatoms. The van der Waals surface area contributed by atoms with Crippen LogP contribution >= 0.6 is 26.6 Å². The van der Waals surface area contributed by atoms with Gasteiger partial charge in [0.15, 0.2) is 0 Å². The predicted octanol–water partition coefficient (Wildman–Crippen LogP) is 3.41. The Kier molecular flexibility index (Phi) is 3.95. The molecule has 1 N–H and O–H groups in total. The van der Waals surface area contributed by atoms with Crippen LogP contribution < -0.4 is 0 Å². The van der Waals surface area contributed by atoms with E-state index >= 15 is 0 Å². The number of fused-ring (bicyclic) bond motifs is 1. The summed E-state index contributed by atoms with van der Waals surface area (Å²) in [6.45, 7) is 1.85. The fourth-order valence-electron chi connectivity index (χ4n) is 2.55. The number of hydrogen-bond acceptors (Lipinski definition) is 3. The smallest absolute Gasteiger partial charge is 0.236 e. The van der Waals surface area contributed by atoms with Gasteiger partial charge in [0, 0.05) is 16.2 Å². The quantitative estimate of drug-likeness (QED) is 0.829. The van der Waals surface area contributed by atoms with Gasteiger partial charge < -0.3 is 5.11 Å². The molecule has 0 heterocycles. The van der Waals surface area contributed by atoms with Crippen molar-refractivity contribution < 1.29 is 13.5 Å². The van der Waals surface area contributed by atoms with Gasteiger partial charge in [-0.2, -0.15) is 0 Å². The molecular weight excluding hydrogens is 340 g/mol. The second-order valence-electron chi connectivity index (χ2n) is 4.61. The summed E-state index contributed by atoms with van der Waals surface area (Å²) >= 11 is 3.37. The van der Waals surface area contributed by atoms with Gasteiger partial charge in [-0.15, -0.1) is 0 Å². The van der Waals surface area contributed by atoms with E-state index in [0.29, 0.717) is 10.0 Å². The molecule has 0 aromatic heterocycles. The standard InChI is InChI=1S/C12H14BrClO3S/c1-7-8-4-2-3-5-9(8)11(13)12(15)10(7)6-18(14,16)17/h15H,2-6H2,1H3. The molecule has 2 rings (SSSR count). The Morgan fingerprint density at radius 2 is 1.83 bits per heavy atom. The first-order valence-electron chi connectivity index (χ1n) is 5.75. The summed E-state index contributed by atoms with van der Waals surface area (Å²) in [7, 11) is 1.62. The predicted molar refractivity (Wildman–Crippen MR) is 75.7 cm³/mol. The summed E-state index contributed by atoms with van der Waals surface area (Å²) < 4.78 is 23.1. The fraction of sp³-hybridized carbons (Fsp3) is 0.500. The molecule has 0 saturated heterocycles. The zero-order valence-electron chi connectivity index (χ0n) is 9.96. The maximum Gasteiger partial charge on any atom is 0.236 e. The SMILES string of the molecule is Cc1c(CS(=O)(=O)Cl)c(O)c(Br)c2c1CCCC2. The third-order valence-corrected chi connectivity index (χ3v) is 5.26. The average Bonchev–Trinajstić information content (AvgIpc) is 2.31. The Morgan fingerprint density at radius 3 is 2.39 bits per heavy atom. The fourth-order valence-corrected chi connectivity index (χ4v) is 4.25. The lowest BCUT2D eigenvalue weighted by Gasteiger charge is -2.23. The van der Waals surface area contributed by atoms with Gasteiger partial charge in [-0.1, -0.05) is 0 Å². The van der Waals surface area contributed by atoms with Gasteiger partial charge >= 0.3 is 0 Å². The van der Waals surface area contributed by atoms with Crippen LogP contribution in [-0.4, -0.2) is 13.5 Å². The Bertz CT molecular complexity index is 596. The molecule has 0 bridgehead atoms. The molecule has 0 unspecified atom stereocenters. The number of aromatic hydroxyl groups is 1. The van der Waals surface area contributed by atoms with Gasteiger partial charge in [0.1, 0.15) is 5.75 Å². The van der Waals surface area contributed by atoms with E-state index in [2.05, 4.69) is 15.9 Å². The first-order chi connectivity index (χ1) is 8.31. The maximum atomic E-state index is 11.2. The molecule has 1 aromatic carbocycles. The highest BCUT2D eigenvalue weighted by Crippen LogP contribution is 2.41. The van der Waals surface area contributed by atoms with Crippen LogP contribution in [0, 0.1) is 6.92 Å². The first-order valence-corrected chi connectivity index (χ1v) is 9.02. The number of phenols is 1. The van der Waals surface area contributed by atoms with Crippen molar-refractivity contribution in [2.24, 2.45) is 0 Å². The molecule has 0 fully saturated rings. The van der Waals surface area contributed by atoms with Gasteiger partial charge in [0.2, 0.25) is 9.05 Å². The largest absolute Gasteiger partial charge is 0.506 e. The lowest BCUT2D eigenvalue weighted by molar-refractivity contribution is 0.463. The van der Waals surface area contributed by atoms with E-state index in [1.165, 1.54) is 0 Å². The van der Waals surface area contributed by atoms with E-state index < -0.39 is 9.05 Å². The van der Waals surface area contributed by atoms with E-state index in [-0.39, 0.29) is 11.5 Å². The second kappa shape index (κ2) is 5.02. The van der Waals surface area contributed by atoms with Crippen LogP contribution in [0.4, 0.5) is 0 Å². The number of halogens is 2. The van der Waals surface area contributed by atoms with Crippen molar-refractivity contribution >= 4 is 35.7 Å². The molecule has 0 spiro atoms. The van der Waals surface area contributed by atoms with Crippen molar-refractivity contribution in [1.82, 2.24) is 0 Å². The van der Waals surface area contributed by atoms with Gasteiger partial charge in [-0.05, 0) is 65.2 Å². The summed E-state index contributed by atoms with van der Waals surface area (Å²) in [4.78, 5) is 0. The van der Waals surface area contributed by atoms with Crippen molar-refractivity contribution in [3.8, 4) is 5.75 Å². The summed E-state index contributed by atoms with van der Waals surface area (Å²) in [5.74, 6) is -0.324. The van der Waals surface area contributed by atoms with Crippen molar-refractivity contribution in [2.45, 2.75) is 38.4 Å². The van der Waals surface area contributed by atoms with E-state index in [1.54, 1.807) is 0 Å². The van der Waals surface area contributed by atoms with E-state index in [1.807, 2.05) is 6.92 Å². The number of phenolic OH excluding ortho intramolecular Hbond substituents is 1. The molecule has 0 aliphatic heterocycles. The van der Waals surface area contributed by atoms with Crippen LogP contribution in [0.25, 0.3) is 0 Å². The molecule has 0 atom stereocenters. The Balaban J connectivity index is 2.64. The second-order valence-corrected chi connectivity index (χ2v) is 8.18. The minimum Gasteiger partial charge on any atom is -0.506 e. The van der Waals surface area contributed by atoms with Gasteiger partial charge in [-0.25, -0.2) is 8.42 Å². The molecule has 0 saturated carbocycles. The highest BCUT2D eigenvalue weighted by molar-refractivity contribution is 9.10. The monoisotopic (exact) mass is 352 g/mol. The molecule has 0 radical (unpaired) electrons. The molecule has 1 aliphatic rings. The molecule has 0 amide bonds. The summed E-state index contributed by atoms with van der Waals surface area (Å²) in [6, 6.07) is 0. The lowest BCUT2D eigenvalue weighted by Crippen LogP contribution is -2.10. The van der Waals surface area contributed by atoms with Crippen molar-refractivity contribution in [2.75, 3.05) is 0 Å². The third kappa shape index (κ3) is 2.68. The summed E-state index contributed by atoms with van der Waals surface area (Å²) in [6.07, 6.45) is 4.03. The highest BCUT2D eigenvalue weighted by Gasteiger charge is 2.24. The molecule has 3 nitrogen and oxygen atoms in total. The van der Waals surface area contributed by atoms with Crippen LogP contribution in [0.15, 0.2) is 4.47 Å². The molecular formula is C12H14BrClO3S.